The third-order valence-corrected chi connectivity index (χ3v) is 7.69. The van der Waals surface area contributed by atoms with Gasteiger partial charge in [-0.25, -0.2) is 0 Å². The number of hydrogen-bond donors (Lipinski definition) is 0. The highest BCUT2D eigenvalue weighted by atomic mass is 16.5. The first-order chi connectivity index (χ1) is 14.9. The minimum atomic E-state index is 0.833. The van der Waals surface area contributed by atoms with Gasteiger partial charge < -0.3 is 19.3 Å². The predicted molar refractivity (Wildman–Crippen MR) is 121 cm³/mol. The van der Waals surface area contributed by atoms with Crippen LogP contribution < -0.4 is 4.90 Å². The van der Waals surface area contributed by atoms with E-state index in [2.05, 4.69) is 39.0 Å². The van der Waals surface area contributed by atoms with E-state index in [1.165, 1.54) is 69.7 Å². The third-order valence-electron chi connectivity index (χ3n) is 7.69. The topological polar surface area (TPSA) is 28.2 Å². The van der Waals surface area contributed by atoms with Crippen molar-refractivity contribution in [2.45, 2.75) is 32.2 Å². The Morgan fingerprint density at radius 3 is 2.33 bits per heavy atom. The van der Waals surface area contributed by atoms with Crippen molar-refractivity contribution in [1.82, 2.24) is 9.80 Å². The summed E-state index contributed by atoms with van der Waals surface area (Å²) >= 11 is 0. The number of likely N-dealkylation sites (tertiary alicyclic amines) is 2. The number of benzene rings is 1. The van der Waals surface area contributed by atoms with Crippen LogP contribution in [0.15, 0.2) is 24.3 Å². The molecule has 166 valence electrons. The molecular weight excluding hydrogens is 374 g/mol. The molecule has 0 radical (unpaired) electrons. The summed E-state index contributed by atoms with van der Waals surface area (Å²) in [5, 5.41) is 0. The van der Waals surface area contributed by atoms with Gasteiger partial charge in [-0.2, -0.15) is 0 Å². The predicted octanol–water partition coefficient (Wildman–Crippen LogP) is 3.09. The van der Waals surface area contributed by atoms with Crippen LogP contribution in [0.1, 0.15) is 31.2 Å². The zero-order chi connectivity index (χ0) is 20.2. The minimum absolute atomic E-state index is 0.833. The van der Waals surface area contributed by atoms with Gasteiger partial charge in [-0.15, -0.1) is 0 Å². The van der Waals surface area contributed by atoms with E-state index < -0.39 is 0 Å². The molecule has 5 nitrogen and oxygen atoms in total. The molecule has 4 fully saturated rings. The first kappa shape index (κ1) is 20.7. The maximum Gasteiger partial charge on any atom is 0.0642 e. The van der Waals surface area contributed by atoms with Crippen LogP contribution in [0.25, 0.3) is 0 Å². The van der Waals surface area contributed by atoms with Crippen molar-refractivity contribution < 1.29 is 9.47 Å². The maximum atomic E-state index is 6.05. The minimum Gasteiger partial charge on any atom is -0.381 e. The second kappa shape index (κ2) is 9.99. The molecule has 3 saturated heterocycles. The van der Waals surface area contributed by atoms with E-state index >= 15 is 0 Å². The number of anilines is 1. The van der Waals surface area contributed by atoms with Gasteiger partial charge in [0.1, 0.15) is 0 Å². The summed E-state index contributed by atoms with van der Waals surface area (Å²) < 4.78 is 11.5. The molecular formula is C25H39N3O2. The van der Waals surface area contributed by atoms with Gasteiger partial charge >= 0.3 is 0 Å². The Morgan fingerprint density at radius 2 is 1.60 bits per heavy atom. The summed E-state index contributed by atoms with van der Waals surface area (Å²) in [4.78, 5) is 7.69. The largest absolute Gasteiger partial charge is 0.381 e. The molecule has 3 aliphatic heterocycles. The number of rotatable bonds is 9. The summed E-state index contributed by atoms with van der Waals surface area (Å²) in [6, 6.07) is 9.21. The molecule has 3 heterocycles. The molecule has 1 aromatic carbocycles. The van der Waals surface area contributed by atoms with Crippen molar-refractivity contribution in [3.63, 3.8) is 0 Å². The Morgan fingerprint density at radius 1 is 0.867 bits per heavy atom. The van der Waals surface area contributed by atoms with E-state index in [1.807, 2.05) is 0 Å². The first-order valence-corrected chi connectivity index (χ1v) is 12.3. The number of fused-ring (bicyclic) bond motifs is 1. The van der Waals surface area contributed by atoms with Gasteiger partial charge in [0.2, 0.25) is 0 Å². The average molecular weight is 414 g/mol. The van der Waals surface area contributed by atoms with Crippen molar-refractivity contribution in [3.05, 3.63) is 29.8 Å². The molecule has 1 aliphatic carbocycles. The van der Waals surface area contributed by atoms with Gasteiger partial charge in [0.25, 0.3) is 0 Å². The Bertz CT molecular complexity index is 643. The lowest BCUT2D eigenvalue weighted by Gasteiger charge is -2.29. The quantitative estimate of drug-likeness (QED) is 0.580. The Hall–Kier alpha value is -1.14. The molecule has 0 spiro atoms. The van der Waals surface area contributed by atoms with Crippen LogP contribution in [0.4, 0.5) is 5.69 Å². The highest BCUT2D eigenvalue weighted by molar-refractivity contribution is 5.47. The molecule has 5 rings (SSSR count). The van der Waals surface area contributed by atoms with Gasteiger partial charge in [0.15, 0.2) is 0 Å². The van der Waals surface area contributed by atoms with E-state index in [4.69, 9.17) is 9.47 Å². The molecule has 3 atom stereocenters. The molecule has 0 N–H and O–H groups in total. The van der Waals surface area contributed by atoms with Crippen LogP contribution in [0.3, 0.4) is 0 Å². The van der Waals surface area contributed by atoms with Crippen LogP contribution in [0, 0.1) is 17.8 Å². The summed E-state index contributed by atoms with van der Waals surface area (Å²) in [7, 11) is 0. The molecule has 0 unspecified atom stereocenters. The monoisotopic (exact) mass is 413 g/mol. The lowest BCUT2D eigenvalue weighted by atomic mass is 10.1. The molecule has 5 heteroatoms. The number of nitrogens with zero attached hydrogens (tertiary/aromatic N) is 3. The number of hydrogen-bond acceptors (Lipinski definition) is 5. The van der Waals surface area contributed by atoms with Gasteiger partial charge in [-0.05, 0) is 67.8 Å². The second-order valence-corrected chi connectivity index (χ2v) is 9.78. The van der Waals surface area contributed by atoms with Crippen molar-refractivity contribution in [1.29, 1.82) is 0 Å². The molecule has 1 saturated carbocycles. The summed E-state index contributed by atoms with van der Waals surface area (Å²) in [5.41, 5.74) is 2.78. The molecule has 0 amide bonds. The van der Waals surface area contributed by atoms with Crippen LogP contribution >= 0.6 is 0 Å². The zero-order valence-corrected chi connectivity index (χ0v) is 18.5. The molecule has 0 bridgehead atoms. The van der Waals surface area contributed by atoms with Gasteiger partial charge in [-0.1, -0.05) is 18.6 Å². The van der Waals surface area contributed by atoms with Crippen molar-refractivity contribution in [2.24, 2.45) is 17.8 Å². The molecule has 4 aliphatic rings. The van der Waals surface area contributed by atoms with Crippen LogP contribution in [-0.2, 0) is 16.0 Å². The normalized spacial score (nSPS) is 29.9. The zero-order valence-electron chi connectivity index (χ0n) is 18.5. The number of ether oxygens (including phenoxy) is 2. The van der Waals surface area contributed by atoms with E-state index in [1.54, 1.807) is 0 Å². The third kappa shape index (κ3) is 5.18. The Kier molecular flexibility index (Phi) is 6.91. The van der Waals surface area contributed by atoms with E-state index in [9.17, 15) is 0 Å². The van der Waals surface area contributed by atoms with Gasteiger partial charge in [0, 0.05) is 51.6 Å². The molecule has 1 aromatic rings. The van der Waals surface area contributed by atoms with E-state index in [-0.39, 0.29) is 0 Å². The smallest absolute Gasteiger partial charge is 0.0642 e. The van der Waals surface area contributed by atoms with E-state index in [0.29, 0.717) is 0 Å². The summed E-state index contributed by atoms with van der Waals surface area (Å²) in [5.74, 6) is 2.61. The highest BCUT2D eigenvalue weighted by Gasteiger charge is 2.55. The maximum absolute atomic E-state index is 6.05. The fraction of sp³-hybridized carbons (Fsp3) is 0.760. The Balaban J connectivity index is 0.962. The van der Waals surface area contributed by atoms with Crippen molar-refractivity contribution in [2.75, 3.05) is 77.1 Å². The second-order valence-electron chi connectivity index (χ2n) is 9.78. The molecule has 0 aromatic heterocycles. The first-order valence-electron chi connectivity index (χ1n) is 12.3. The van der Waals surface area contributed by atoms with Gasteiger partial charge in [-0.3, -0.25) is 4.90 Å². The SMILES string of the molecule is c1cc(N2CCOCC2)ccc1CN1C[C@@H]2[C@H](COCCCN3CCCCC3)[C@@H]2C1. The summed E-state index contributed by atoms with van der Waals surface area (Å²) in [6.07, 6.45) is 5.41. The standard InChI is InChI=1S/C25H39N3O2/c1-2-9-26(10-3-1)11-4-14-30-20-25-23-18-27(19-24(23)25)17-21-5-7-22(8-6-21)28-12-15-29-16-13-28/h5-8,23-25H,1-4,9-20H2/t23-,24+,25-. The van der Waals surface area contributed by atoms with Crippen LogP contribution in [-0.4, -0.2) is 82.0 Å². The van der Waals surface area contributed by atoms with Crippen LogP contribution in [0.2, 0.25) is 0 Å². The highest BCUT2D eigenvalue weighted by Crippen LogP contribution is 2.52. The fourth-order valence-corrected chi connectivity index (χ4v) is 5.80. The van der Waals surface area contributed by atoms with Crippen molar-refractivity contribution in [3.8, 4) is 0 Å². The average Bonchev–Trinajstić information content (AvgIpc) is 3.25. The number of morpholine rings is 1. The molecule has 30 heavy (non-hydrogen) atoms. The lowest BCUT2D eigenvalue weighted by Crippen LogP contribution is -2.36. The Labute approximate surface area is 182 Å². The van der Waals surface area contributed by atoms with Crippen LogP contribution in [0.5, 0.6) is 0 Å². The summed E-state index contributed by atoms with van der Waals surface area (Å²) in [6.45, 7) is 13.1. The number of piperidine rings is 2. The lowest BCUT2D eigenvalue weighted by molar-refractivity contribution is 0.0967. The van der Waals surface area contributed by atoms with Gasteiger partial charge in [0.05, 0.1) is 19.8 Å². The van der Waals surface area contributed by atoms with Crippen molar-refractivity contribution >= 4 is 5.69 Å². The van der Waals surface area contributed by atoms with E-state index in [0.717, 1.165) is 63.8 Å². The fourth-order valence-electron chi connectivity index (χ4n) is 5.80.